The molecule has 0 unspecified atom stereocenters. The Morgan fingerprint density at radius 1 is 1.21 bits per heavy atom. The Bertz CT molecular complexity index is 340. The molecule has 1 aromatic rings. The fourth-order valence-electron chi connectivity index (χ4n) is 1.59. The van der Waals surface area contributed by atoms with Crippen LogP contribution in [0.1, 0.15) is 31.9 Å². The predicted octanol–water partition coefficient (Wildman–Crippen LogP) is 2.75. The van der Waals surface area contributed by atoms with Gasteiger partial charge in [0.25, 0.3) is 0 Å². The zero-order valence-electron chi connectivity index (χ0n) is 8.56. The van der Waals surface area contributed by atoms with Crippen LogP contribution in [0.2, 0.25) is 0 Å². The first-order chi connectivity index (χ1) is 6.36. The van der Waals surface area contributed by atoms with E-state index in [0.29, 0.717) is 11.1 Å². The fraction of sp³-hybridized carbons (Fsp3) is 0.455. The van der Waals surface area contributed by atoms with Crippen LogP contribution in [0.5, 0.6) is 0 Å². The Balaban J connectivity index is 3.40. The van der Waals surface area contributed by atoms with Crippen molar-refractivity contribution < 1.29 is 13.9 Å². The summed E-state index contributed by atoms with van der Waals surface area (Å²) in [5, 5.41) is 9.00. The van der Waals surface area contributed by atoms with Crippen molar-refractivity contribution in [1.82, 2.24) is 0 Å². The van der Waals surface area contributed by atoms with Crippen molar-refractivity contribution in [1.29, 1.82) is 0 Å². The minimum atomic E-state index is -0.653. The van der Waals surface area contributed by atoms with Gasteiger partial charge in [0.2, 0.25) is 0 Å². The highest BCUT2D eigenvalue weighted by molar-refractivity contribution is 5.34. The maximum Gasteiger partial charge on any atom is 0.130 e. The molecule has 78 valence electrons. The summed E-state index contributed by atoms with van der Waals surface area (Å²) in [7, 11) is 0. The molecule has 14 heavy (non-hydrogen) atoms. The monoisotopic (exact) mass is 200 g/mol. The average Bonchev–Trinajstić information content (AvgIpc) is 1.99. The van der Waals surface area contributed by atoms with Gasteiger partial charge < -0.3 is 5.11 Å². The molecule has 1 aromatic carbocycles. The largest absolute Gasteiger partial charge is 0.392 e. The summed E-state index contributed by atoms with van der Waals surface area (Å²) in [4.78, 5) is 0. The van der Waals surface area contributed by atoms with Crippen molar-refractivity contribution in [3.8, 4) is 0 Å². The van der Waals surface area contributed by atoms with E-state index in [-0.39, 0.29) is 6.61 Å². The van der Waals surface area contributed by atoms with E-state index in [2.05, 4.69) is 0 Å². The highest BCUT2D eigenvalue weighted by Crippen LogP contribution is 2.29. The van der Waals surface area contributed by atoms with E-state index in [9.17, 15) is 8.78 Å². The molecule has 0 saturated carbocycles. The number of hydrogen-bond acceptors (Lipinski definition) is 1. The first-order valence-corrected chi connectivity index (χ1v) is 4.45. The second-order valence-electron chi connectivity index (χ2n) is 4.33. The van der Waals surface area contributed by atoms with Gasteiger partial charge in [-0.05, 0) is 22.6 Å². The second-order valence-corrected chi connectivity index (χ2v) is 4.33. The summed E-state index contributed by atoms with van der Waals surface area (Å²) >= 11 is 0. The molecule has 0 aliphatic carbocycles. The lowest BCUT2D eigenvalue weighted by atomic mass is 9.83. The molecule has 0 saturated heterocycles. The molecule has 0 atom stereocenters. The number of benzene rings is 1. The van der Waals surface area contributed by atoms with Gasteiger partial charge in [-0.1, -0.05) is 20.8 Å². The van der Waals surface area contributed by atoms with Crippen molar-refractivity contribution in [3.05, 3.63) is 34.9 Å². The zero-order valence-corrected chi connectivity index (χ0v) is 8.56. The SMILES string of the molecule is CC(C)(C)c1c(F)cc(F)cc1CO. The van der Waals surface area contributed by atoms with Gasteiger partial charge in [-0.25, -0.2) is 8.78 Å². The van der Waals surface area contributed by atoms with Gasteiger partial charge in [-0.2, -0.15) is 0 Å². The molecule has 0 aliphatic rings. The van der Waals surface area contributed by atoms with E-state index in [0.717, 1.165) is 6.07 Å². The first kappa shape index (κ1) is 11.1. The van der Waals surface area contributed by atoms with E-state index < -0.39 is 17.0 Å². The molecule has 0 radical (unpaired) electrons. The lowest BCUT2D eigenvalue weighted by Gasteiger charge is -2.22. The summed E-state index contributed by atoms with van der Waals surface area (Å²) in [6, 6.07) is 2.02. The van der Waals surface area contributed by atoms with Crippen LogP contribution in [0.15, 0.2) is 12.1 Å². The minimum absolute atomic E-state index is 0.315. The third-order valence-electron chi connectivity index (χ3n) is 2.06. The number of rotatable bonds is 1. The van der Waals surface area contributed by atoms with Crippen molar-refractivity contribution in [2.75, 3.05) is 0 Å². The zero-order chi connectivity index (χ0) is 10.9. The summed E-state index contributed by atoms with van der Waals surface area (Å²) in [5.74, 6) is -1.25. The Labute approximate surface area is 82.4 Å². The lowest BCUT2D eigenvalue weighted by molar-refractivity contribution is 0.276. The molecule has 1 rings (SSSR count). The molecule has 0 heterocycles. The Morgan fingerprint density at radius 2 is 1.79 bits per heavy atom. The number of hydrogen-bond donors (Lipinski definition) is 1. The summed E-state index contributed by atoms with van der Waals surface area (Å²) < 4.78 is 26.3. The third kappa shape index (κ3) is 2.10. The average molecular weight is 200 g/mol. The van der Waals surface area contributed by atoms with Gasteiger partial charge in [0.1, 0.15) is 11.6 Å². The highest BCUT2D eigenvalue weighted by atomic mass is 19.1. The van der Waals surface area contributed by atoms with E-state index in [1.165, 1.54) is 6.07 Å². The minimum Gasteiger partial charge on any atom is -0.392 e. The number of aliphatic hydroxyl groups excluding tert-OH is 1. The standard InChI is InChI=1S/C11H14F2O/c1-11(2,3)10-7(6-14)4-8(12)5-9(10)13/h4-5,14H,6H2,1-3H3. The molecule has 0 fully saturated rings. The van der Waals surface area contributed by atoms with Gasteiger partial charge in [-0.3, -0.25) is 0 Å². The highest BCUT2D eigenvalue weighted by Gasteiger charge is 2.22. The Morgan fingerprint density at radius 3 is 2.21 bits per heavy atom. The van der Waals surface area contributed by atoms with Crippen LogP contribution >= 0.6 is 0 Å². The third-order valence-corrected chi connectivity index (χ3v) is 2.06. The van der Waals surface area contributed by atoms with Gasteiger partial charge >= 0.3 is 0 Å². The van der Waals surface area contributed by atoms with Gasteiger partial charge in [0.15, 0.2) is 0 Å². The molecular formula is C11H14F2O. The topological polar surface area (TPSA) is 20.2 Å². The predicted molar refractivity (Wildman–Crippen MR) is 51.0 cm³/mol. The summed E-state index contributed by atoms with van der Waals surface area (Å²) in [6.45, 7) is 5.12. The van der Waals surface area contributed by atoms with E-state index in [1.807, 2.05) is 20.8 Å². The quantitative estimate of drug-likeness (QED) is 0.739. The number of halogens is 2. The lowest BCUT2D eigenvalue weighted by Crippen LogP contribution is -2.17. The van der Waals surface area contributed by atoms with Gasteiger partial charge in [0, 0.05) is 6.07 Å². The van der Waals surface area contributed by atoms with Gasteiger partial charge in [0.05, 0.1) is 6.61 Å². The molecule has 0 aliphatic heterocycles. The Hall–Kier alpha value is -0.960. The molecule has 3 heteroatoms. The van der Waals surface area contributed by atoms with Crippen molar-refractivity contribution in [2.45, 2.75) is 32.8 Å². The first-order valence-electron chi connectivity index (χ1n) is 4.45. The van der Waals surface area contributed by atoms with Crippen molar-refractivity contribution >= 4 is 0 Å². The maximum absolute atomic E-state index is 13.4. The van der Waals surface area contributed by atoms with Crippen LogP contribution in [-0.4, -0.2) is 5.11 Å². The molecule has 1 N–H and O–H groups in total. The van der Waals surface area contributed by atoms with E-state index in [1.54, 1.807) is 0 Å². The number of aliphatic hydroxyl groups is 1. The van der Waals surface area contributed by atoms with Crippen LogP contribution in [0, 0.1) is 11.6 Å². The normalized spacial score (nSPS) is 11.9. The van der Waals surface area contributed by atoms with Crippen molar-refractivity contribution in [3.63, 3.8) is 0 Å². The molecular weight excluding hydrogens is 186 g/mol. The maximum atomic E-state index is 13.4. The molecule has 0 bridgehead atoms. The van der Waals surface area contributed by atoms with Crippen LogP contribution in [-0.2, 0) is 12.0 Å². The van der Waals surface area contributed by atoms with Crippen LogP contribution in [0.3, 0.4) is 0 Å². The second kappa shape index (κ2) is 3.65. The molecule has 0 spiro atoms. The smallest absolute Gasteiger partial charge is 0.130 e. The Kier molecular flexibility index (Phi) is 2.90. The molecule has 1 nitrogen and oxygen atoms in total. The van der Waals surface area contributed by atoms with Crippen LogP contribution in [0.25, 0.3) is 0 Å². The van der Waals surface area contributed by atoms with Crippen LogP contribution < -0.4 is 0 Å². The van der Waals surface area contributed by atoms with Crippen LogP contribution in [0.4, 0.5) is 8.78 Å². The van der Waals surface area contributed by atoms with Crippen molar-refractivity contribution in [2.24, 2.45) is 0 Å². The summed E-state index contributed by atoms with van der Waals surface area (Å²) in [5.41, 5.74) is 0.256. The fourth-order valence-corrected chi connectivity index (χ4v) is 1.59. The summed E-state index contributed by atoms with van der Waals surface area (Å²) in [6.07, 6.45) is 0. The van der Waals surface area contributed by atoms with E-state index >= 15 is 0 Å². The van der Waals surface area contributed by atoms with E-state index in [4.69, 9.17) is 5.11 Å². The molecule has 0 aromatic heterocycles. The molecule has 0 amide bonds. The van der Waals surface area contributed by atoms with Gasteiger partial charge in [-0.15, -0.1) is 0 Å².